The summed E-state index contributed by atoms with van der Waals surface area (Å²) in [6.45, 7) is 3.60. The van der Waals surface area contributed by atoms with E-state index in [0.29, 0.717) is 6.42 Å². The number of hydrogen-bond acceptors (Lipinski definition) is 1. The lowest BCUT2D eigenvalue weighted by Gasteiger charge is -2.03. The van der Waals surface area contributed by atoms with E-state index in [9.17, 15) is 13.2 Å². The molecule has 0 aliphatic heterocycles. The Bertz CT molecular complexity index is 90.2. The molecule has 0 unspecified atom stereocenters. The van der Waals surface area contributed by atoms with E-state index in [1.165, 1.54) is 0 Å². The van der Waals surface area contributed by atoms with Gasteiger partial charge in [-0.3, -0.25) is 0 Å². The van der Waals surface area contributed by atoms with E-state index in [1.54, 1.807) is 0 Å². The van der Waals surface area contributed by atoms with E-state index in [2.05, 4.69) is 6.92 Å². The highest BCUT2D eigenvalue weighted by atomic mass is 32.2. The Hall–Kier alpha value is 0.140. The van der Waals surface area contributed by atoms with E-state index in [4.69, 9.17) is 0 Å². The molecule has 0 saturated carbocycles. The van der Waals surface area contributed by atoms with Gasteiger partial charge >= 0.3 is 5.51 Å². The first kappa shape index (κ1) is 11.1. The minimum atomic E-state index is -4.05. The molecule has 1 radical (unpaired) electrons. The smallest absolute Gasteiger partial charge is 0.160 e. The van der Waals surface area contributed by atoms with Crippen LogP contribution in [-0.2, 0) is 0 Å². The van der Waals surface area contributed by atoms with Crippen LogP contribution in [0.1, 0.15) is 25.7 Å². The number of alkyl halides is 3. The Morgan fingerprint density at radius 2 is 1.73 bits per heavy atom. The predicted octanol–water partition coefficient (Wildman–Crippen LogP) is 3.63. The zero-order valence-corrected chi connectivity index (χ0v) is 7.10. The fourth-order valence-electron chi connectivity index (χ4n) is 0.644. The Kier molecular flexibility index (Phi) is 5.82. The van der Waals surface area contributed by atoms with Crippen LogP contribution in [0.15, 0.2) is 0 Å². The van der Waals surface area contributed by atoms with Crippen LogP contribution in [-0.4, -0.2) is 11.3 Å². The number of halogens is 3. The Morgan fingerprint density at radius 1 is 1.09 bits per heavy atom. The summed E-state index contributed by atoms with van der Waals surface area (Å²) in [5.41, 5.74) is -4.05. The number of hydrogen-bond donors (Lipinski definition) is 0. The van der Waals surface area contributed by atoms with E-state index >= 15 is 0 Å². The van der Waals surface area contributed by atoms with Gasteiger partial charge in [-0.05, 0) is 6.42 Å². The molecule has 0 rings (SSSR count). The van der Waals surface area contributed by atoms with Crippen molar-refractivity contribution in [3.05, 3.63) is 6.92 Å². The molecule has 0 amide bonds. The molecule has 0 atom stereocenters. The summed E-state index contributed by atoms with van der Waals surface area (Å²) in [6, 6.07) is 0. The number of thioether (sulfide) groups is 1. The van der Waals surface area contributed by atoms with Crippen LogP contribution in [0.3, 0.4) is 0 Å². The normalized spacial score (nSPS) is 12.0. The minimum absolute atomic E-state index is 0.0636. The zero-order valence-electron chi connectivity index (χ0n) is 6.28. The van der Waals surface area contributed by atoms with Crippen LogP contribution in [0.25, 0.3) is 0 Å². The maximum atomic E-state index is 11.5. The van der Waals surface area contributed by atoms with Crippen LogP contribution in [0.2, 0.25) is 0 Å². The topological polar surface area (TPSA) is 0 Å². The van der Waals surface area contributed by atoms with Crippen molar-refractivity contribution in [2.24, 2.45) is 0 Å². The maximum Gasteiger partial charge on any atom is 0.441 e. The third-order valence-corrected chi connectivity index (χ3v) is 1.98. The van der Waals surface area contributed by atoms with Crippen molar-refractivity contribution >= 4 is 11.8 Å². The second-order valence-electron chi connectivity index (χ2n) is 2.21. The van der Waals surface area contributed by atoms with Crippen LogP contribution in [0, 0.1) is 6.92 Å². The first-order valence-electron chi connectivity index (χ1n) is 3.56. The summed E-state index contributed by atoms with van der Waals surface area (Å²) >= 11 is 0.0636. The molecular weight excluding hydrogens is 173 g/mol. The van der Waals surface area contributed by atoms with Gasteiger partial charge in [0.2, 0.25) is 0 Å². The predicted molar refractivity (Wildman–Crippen MR) is 42.3 cm³/mol. The SMILES string of the molecule is [CH2]CCCCCSC(F)(F)F. The summed E-state index contributed by atoms with van der Waals surface area (Å²) in [5.74, 6) is 0.184. The van der Waals surface area contributed by atoms with Crippen molar-refractivity contribution < 1.29 is 13.2 Å². The van der Waals surface area contributed by atoms with Crippen molar-refractivity contribution in [3.63, 3.8) is 0 Å². The highest BCUT2D eigenvalue weighted by Gasteiger charge is 2.27. The molecule has 4 heteroatoms. The lowest BCUT2D eigenvalue weighted by Crippen LogP contribution is -2.01. The molecule has 0 saturated heterocycles. The van der Waals surface area contributed by atoms with E-state index in [0.717, 1.165) is 19.3 Å². The van der Waals surface area contributed by atoms with Gasteiger partial charge < -0.3 is 0 Å². The second-order valence-corrected chi connectivity index (χ2v) is 3.37. The first-order chi connectivity index (χ1) is 5.06. The molecule has 0 spiro atoms. The lowest BCUT2D eigenvalue weighted by molar-refractivity contribution is -0.0328. The summed E-state index contributed by atoms with van der Waals surface area (Å²) < 4.78 is 34.5. The molecule has 0 heterocycles. The summed E-state index contributed by atoms with van der Waals surface area (Å²) in [4.78, 5) is 0. The second kappa shape index (κ2) is 5.75. The van der Waals surface area contributed by atoms with Crippen LogP contribution in [0.4, 0.5) is 13.2 Å². The van der Waals surface area contributed by atoms with E-state index in [-0.39, 0.29) is 17.5 Å². The van der Waals surface area contributed by atoms with Crippen LogP contribution < -0.4 is 0 Å². The third-order valence-electron chi connectivity index (χ3n) is 1.16. The fraction of sp³-hybridized carbons (Fsp3) is 0.857. The fourth-order valence-corrected chi connectivity index (χ4v) is 1.22. The van der Waals surface area contributed by atoms with E-state index in [1.807, 2.05) is 0 Å². The molecule has 0 bridgehead atoms. The lowest BCUT2D eigenvalue weighted by atomic mass is 10.2. The summed E-state index contributed by atoms with van der Waals surface area (Å²) in [5, 5.41) is 0. The number of rotatable bonds is 5. The molecule has 0 aromatic carbocycles. The molecule has 11 heavy (non-hydrogen) atoms. The minimum Gasteiger partial charge on any atom is -0.160 e. The van der Waals surface area contributed by atoms with Gasteiger partial charge in [0, 0.05) is 5.75 Å². The maximum absolute atomic E-state index is 11.5. The van der Waals surface area contributed by atoms with Crippen molar-refractivity contribution in [1.29, 1.82) is 0 Å². The van der Waals surface area contributed by atoms with Gasteiger partial charge in [-0.25, -0.2) is 0 Å². The molecule has 0 aliphatic rings. The molecule has 67 valence electrons. The molecule has 0 aromatic rings. The molecule has 0 aromatic heterocycles. The Morgan fingerprint density at radius 3 is 2.18 bits per heavy atom. The van der Waals surface area contributed by atoms with Crippen molar-refractivity contribution in [2.75, 3.05) is 5.75 Å². The van der Waals surface area contributed by atoms with Crippen molar-refractivity contribution in [3.8, 4) is 0 Å². The van der Waals surface area contributed by atoms with Crippen LogP contribution in [0.5, 0.6) is 0 Å². The van der Waals surface area contributed by atoms with Gasteiger partial charge in [0.1, 0.15) is 0 Å². The molecule has 0 nitrogen and oxygen atoms in total. The summed E-state index contributed by atoms with van der Waals surface area (Å²) in [7, 11) is 0. The molecule has 0 N–H and O–H groups in total. The van der Waals surface area contributed by atoms with E-state index < -0.39 is 5.51 Å². The average Bonchev–Trinajstić information content (AvgIpc) is 1.85. The quantitative estimate of drug-likeness (QED) is 0.589. The standard InChI is InChI=1S/C7H12F3S/c1-2-3-4-5-6-11-7(8,9)10/h1-6H2. The highest BCUT2D eigenvalue weighted by molar-refractivity contribution is 8.00. The average molecular weight is 185 g/mol. The van der Waals surface area contributed by atoms with Gasteiger partial charge in [0.15, 0.2) is 0 Å². The first-order valence-corrected chi connectivity index (χ1v) is 4.55. The Labute approximate surface area is 69.5 Å². The number of unbranched alkanes of at least 4 members (excludes halogenated alkanes) is 3. The van der Waals surface area contributed by atoms with Crippen molar-refractivity contribution in [1.82, 2.24) is 0 Å². The van der Waals surface area contributed by atoms with Gasteiger partial charge in [0.05, 0.1) is 0 Å². The van der Waals surface area contributed by atoms with Gasteiger partial charge in [-0.15, -0.1) is 0 Å². The molecule has 0 aliphatic carbocycles. The van der Waals surface area contributed by atoms with Gasteiger partial charge in [0.25, 0.3) is 0 Å². The Balaban J connectivity index is 3.02. The molecular formula is C7H12F3S. The molecule has 0 fully saturated rings. The van der Waals surface area contributed by atoms with Crippen molar-refractivity contribution in [2.45, 2.75) is 31.2 Å². The van der Waals surface area contributed by atoms with Crippen LogP contribution >= 0.6 is 11.8 Å². The highest BCUT2D eigenvalue weighted by Crippen LogP contribution is 2.30. The van der Waals surface area contributed by atoms with Gasteiger partial charge in [-0.1, -0.05) is 37.9 Å². The zero-order chi connectivity index (χ0) is 8.74. The monoisotopic (exact) mass is 185 g/mol. The summed E-state index contributed by atoms with van der Waals surface area (Å²) in [6.07, 6.45) is 3.24. The largest absolute Gasteiger partial charge is 0.441 e. The third kappa shape index (κ3) is 10.1. The van der Waals surface area contributed by atoms with Gasteiger partial charge in [-0.2, -0.15) is 13.2 Å².